The third kappa shape index (κ3) is 4.83. The SMILES string of the molecule is CCCCC/C=C/C(=O)Oc1ccc(C23CCC(CCC)(CC2)CC3)cc1. The summed E-state index contributed by atoms with van der Waals surface area (Å²) in [7, 11) is 0. The zero-order valence-electron chi connectivity index (χ0n) is 17.3. The van der Waals surface area contributed by atoms with E-state index in [2.05, 4.69) is 26.0 Å². The van der Waals surface area contributed by atoms with Gasteiger partial charge in [-0.05, 0) is 86.3 Å². The van der Waals surface area contributed by atoms with Crippen molar-refractivity contribution in [3.05, 3.63) is 42.0 Å². The predicted octanol–water partition coefficient (Wildman–Crippen LogP) is 7.12. The molecule has 3 fully saturated rings. The molecule has 0 spiro atoms. The van der Waals surface area contributed by atoms with Crippen molar-refractivity contribution in [1.29, 1.82) is 0 Å². The average molecular weight is 369 g/mol. The van der Waals surface area contributed by atoms with E-state index in [-0.39, 0.29) is 5.97 Å². The maximum absolute atomic E-state index is 11.9. The second-order valence-corrected chi connectivity index (χ2v) is 8.87. The summed E-state index contributed by atoms with van der Waals surface area (Å²) >= 11 is 0. The lowest BCUT2D eigenvalue weighted by molar-refractivity contribution is -0.129. The molecule has 3 saturated carbocycles. The zero-order chi connectivity index (χ0) is 19.2. The second kappa shape index (κ2) is 9.08. The number of allylic oxidation sites excluding steroid dienone is 1. The van der Waals surface area contributed by atoms with Crippen LogP contribution in [-0.2, 0) is 10.2 Å². The Morgan fingerprint density at radius 1 is 0.963 bits per heavy atom. The van der Waals surface area contributed by atoms with Crippen LogP contribution in [-0.4, -0.2) is 5.97 Å². The van der Waals surface area contributed by atoms with Crippen molar-refractivity contribution in [3.8, 4) is 5.75 Å². The first kappa shape index (κ1) is 20.2. The van der Waals surface area contributed by atoms with Crippen molar-refractivity contribution >= 4 is 5.97 Å². The molecule has 3 aliphatic rings. The predicted molar refractivity (Wildman–Crippen MR) is 112 cm³/mol. The fourth-order valence-corrected chi connectivity index (χ4v) is 5.32. The van der Waals surface area contributed by atoms with Crippen LogP contribution >= 0.6 is 0 Å². The first-order valence-electron chi connectivity index (χ1n) is 11.1. The van der Waals surface area contributed by atoms with E-state index in [0.29, 0.717) is 16.6 Å². The normalized spacial score (nSPS) is 27.2. The summed E-state index contributed by atoms with van der Waals surface area (Å²) in [6, 6.07) is 8.36. The molecule has 0 saturated heterocycles. The molecule has 0 N–H and O–H groups in total. The monoisotopic (exact) mass is 368 g/mol. The summed E-state index contributed by atoms with van der Waals surface area (Å²) in [4.78, 5) is 11.9. The molecule has 0 aromatic heterocycles. The molecule has 0 atom stereocenters. The summed E-state index contributed by atoms with van der Waals surface area (Å²) in [5, 5.41) is 0. The van der Waals surface area contributed by atoms with Gasteiger partial charge in [-0.3, -0.25) is 0 Å². The van der Waals surface area contributed by atoms with Gasteiger partial charge >= 0.3 is 5.97 Å². The van der Waals surface area contributed by atoms with Crippen molar-refractivity contribution in [2.75, 3.05) is 0 Å². The summed E-state index contributed by atoms with van der Waals surface area (Å²) in [6.45, 7) is 4.51. The largest absolute Gasteiger partial charge is 0.423 e. The van der Waals surface area contributed by atoms with Gasteiger partial charge in [-0.15, -0.1) is 0 Å². The molecule has 4 rings (SSSR count). The molecule has 0 unspecified atom stereocenters. The van der Waals surface area contributed by atoms with Crippen molar-refractivity contribution in [1.82, 2.24) is 0 Å². The highest BCUT2D eigenvalue weighted by Gasteiger charge is 2.48. The lowest BCUT2D eigenvalue weighted by Gasteiger charge is -2.54. The Bertz CT molecular complexity index is 616. The Morgan fingerprint density at radius 3 is 2.22 bits per heavy atom. The second-order valence-electron chi connectivity index (χ2n) is 8.87. The van der Waals surface area contributed by atoms with E-state index in [1.807, 2.05) is 18.2 Å². The molecule has 2 bridgehead atoms. The number of hydrogen-bond donors (Lipinski definition) is 0. The molecule has 2 nitrogen and oxygen atoms in total. The van der Waals surface area contributed by atoms with Gasteiger partial charge in [-0.2, -0.15) is 0 Å². The minimum Gasteiger partial charge on any atom is -0.423 e. The number of ether oxygens (including phenoxy) is 1. The fourth-order valence-electron chi connectivity index (χ4n) is 5.32. The number of benzene rings is 1. The van der Waals surface area contributed by atoms with Crippen LogP contribution in [0.4, 0.5) is 0 Å². The van der Waals surface area contributed by atoms with Crippen molar-refractivity contribution in [3.63, 3.8) is 0 Å². The van der Waals surface area contributed by atoms with Crippen LogP contribution in [0.3, 0.4) is 0 Å². The molecule has 2 heteroatoms. The molecule has 0 amide bonds. The Hall–Kier alpha value is -1.57. The van der Waals surface area contributed by atoms with E-state index in [0.717, 1.165) is 12.8 Å². The molecular formula is C25H36O2. The molecular weight excluding hydrogens is 332 g/mol. The number of carbonyl (C=O) groups is 1. The van der Waals surface area contributed by atoms with Gasteiger partial charge in [0.15, 0.2) is 0 Å². The van der Waals surface area contributed by atoms with Crippen LogP contribution in [0, 0.1) is 5.41 Å². The molecule has 148 valence electrons. The minimum absolute atomic E-state index is 0.267. The van der Waals surface area contributed by atoms with E-state index < -0.39 is 0 Å². The van der Waals surface area contributed by atoms with E-state index in [1.165, 1.54) is 69.8 Å². The van der Waals surface area contributed by atoms with Gasteiger partial charge < -0.3 is 4.74 Å². The van der Waals surface area contributed by atoms with Gasteiger partial charge in [0.1, 0.15) is 5.75 Å². The lowest BCUT2D eigenvalue weighted by atomic mass is 9.51. The highest BCUT2D eigenvalue weighted by molar-refractivity contribution is 5.83. The minimum atomic E-state index is -0.267. The van der Waals surface area contributed by atoms with Gasteiger partial charge in [0.05, 0.1) is 0 Å². The quantitative estimate of drug-likeness (QED) is 0.201. The molecule has 1 aromatic rings. The first-order chi connectivity index (χ1) is 13.1. The van der Waals surface area contributed by atoms with E-state index in [1.54, 1.807) is 6.08 Å². The van der Waals surface area contributed by atoms with Gasteiger partial charge in [0.25, 0.3) is 0 Å². The van der Waals surface area contributed by atoms with Crippen molar-refractivity contribution in [2.24, 2.45) is 5.41 Å². The van der Waals surface area contributed by atoms with Crippen LogP contribution in [0.5, 0.6) is 5.75 Å². The maximum Gasteiger partial charge on any atom is 0.335 e. The van der Waals surface area contributed by atoms with Crippen molar-refractivity contribution in [2.45, 2.75) is 96.3 Å². The molecule has 0 radical (unpaired) electrons. The third-order valence-corrected chi connectivity index (χ3v) is 7.10. The lowest BCUT2D eigenvalue weighted by Crippen LogP contribution is -2.44. The molecule has 1 aromatic carbocycles. The molecule has 27 heavy (non-hydrogen) atoms. The number of hydrogen-bond acceptors (Lipinski definition) is 2. The van der Waals surface area contributed by atoms with Crippen LogP contribution in [0.15, 0.2) is 36.4 Å². The van der Waals surface area contributed by atoms with Crippen LogP contribution < -0.4 is 4.74 Å². The summed E-state index contributed by atoms with van der Waals surface area (Å²) in [5.74, 6) is 0.391. The standard InChI is InChI=1S/C25H36O2/c1-3-5-6-7-8-9-23(26)27-22-12-10-21(11-13-22)25-18-15-24(14-4-2,16-19-25)17-20-25/h8-13H,3-7,14-20H2,1-2H3/b9-8+. The number of fused-ring (bicyclic) bond motifs is 3. The Morgan fingerprint density at radius 2 is 1.63 bits per heavy atom. The number of esters is 1. The highest BCUT2D eigenvalue weighted by atomic mass is 16.5. The van der Waals surface area contributed by atoms with Gasteiger partial charge in [0.2, 0.25) is 0 Å². The number of unbranched alkanes of at least 4 members (excludes halogenated alkanes) is 3. The Labute approximate surface area is 165 Å². The van der Waals surface area contributed by atoms with Gasteiger partial charge in [-0.25, -0.2) is 4.79 Å². The number of carbonyl (C=O) groups excluding carboxylic acids is 1. The summed E-state index contributed by atoms with van der Waals surface area (Å²) in [6.07, 6.45) is 18.9. The summed E-state index contributed by atoms with van der Waals surface area (Å²) in [5.41, 5.74) is 2.47. The van der Waals surface area contributed by atoms with Crippen LogP contribution in [0.25, 0.3) is 0 Å². The first-order valence-corrected chi connectivity index (χ1v) is 11.1. The zero-order valence-corrected chi connectivity index (χ0v) is 17.3. The Kier molecular flexibility index (Phi) is 6.78. The molecule has 3 aliphatic carbocycles. The molecule has 0 aliphatic heterocycles. The fraction of sp³-hybridized carbons (Fsp3) is 0.640. The Balaban J connectivity index is 1.54. The average Bonchev–Trinajstić information content (AvgIpc) is 2.70. The van der Waals surface area contributed by atoms with Crippen molar-refractivity contribution < 1.29 is 9.53 Å². The third-order valence-electron chi connectivity index (χ3n) is 7.10. The topological polar surface area (TPSA) is 26.3 Å². The van der Waals surface area contributed by atoms with Gasteiger partial charge in [0, 0.05) is 6.08 Å². The summed E-state index contributed by atoms with van der Waals surface area (Å²) < 4.78 is 5.46. The van der Waals surface area contributed by atoms with E-state index >= 15 is 0 Å². The van der Waals surface area contributed by atoms with Crippen LogP contribution in [0.2, 0.25) is 0 Å². The maximum atomic E-state index is 11.9. The van der Waals surface area contributed by atoms with Crippen LogP contribution in [0.1, 0.15) is 96.5 Å². The smallest absolute Gasteiger partial charge is 0.335 e. The van der Waals surface area contributed by atoms with Gasteiger partial charge in [-0.1, -0.05) is 51.3 Å². The van der Waals surface area contributed by atoms with E-state index in [4.69, 9.17) is 4.74 Å². The van der Waals surface area contributed by atoms with E-state index in [9.17, 15) is 4.79 Å². The molecule has 0 heterocycles. The number of rotatable bonds is 9. The highest BCUT2D eigenvalue weighted by Crippen LogP contribution is 2.59.